The lowest BCUT2D eigenvalue weighted by atomic mass is 9.91. The Labute approximate surface area is 362 Å². The molecule has 0 bridgehead atoms. The summed E-state index contributed by atoms with van der Waals surface area (Å²) in [6.07, 6.45) is 8.07. The summed E-state index contributed by atoms with van der Waals surface area (Å²) in [6.45, 7) is 11.3. The number of ether oxygens (including phenoxy) is 2. The lowest BCUT2D eigenvalue weighted by Gasteiger charge is -2.30. The smallest absolute Gasteiger partial charge is 0.408 e. The van der Waals surface area contributed by atoms with Gasteiger partial charge < -0.3 is 24.6 Å². The monoisotopic (exact) mass is 880 g/mol. The maximum atomic E-state index is 14.7. The fraction of sp³-hybridized carbons (Fsp3) is 0.628. The first kappa shape index (κ1) is 44.5. The van der Waals surface area contributed by atoms with E-state index >= 15 is 0 Å². The maximum absolute atomic E-state index is 14.7. The average molecular weight is 881 g/mol. The molecule has 1 aliphatic carbocycles. The Kier molecular flexibility index (Phi) is 12.9. The van der Waals surface area contributed by atoms with Crippen LogP contribution in [0.4, 0.5) is 9.93 Å². The number of carbonyl (C=O) groups excluding carboxylic acids is 4. The molecule has 7 rings (SSSR count). The highest BCUT2D eigenvalue weighted by molar-refractivity contribution is 7.87. The molecular weight excluding hydrogens is 821 g/mol. The van der Waals surface area contributed by atoms with Gasteiger partial charge in [0.15, 0.2) is 10.9 Å². The molecule has 2 N–H and O–H groups in total. The van der Waals surface area contributed by atoms with Crippen molar-refractivity contribution < 1.29 is 37.1 Å². The summed E-state index contributed by atoms with van der Waals surface area (Å²) < 4.78 is 43.1. The predicted octanol–water partition coefficient (Wildman–Crippen LogP) is 5.99. The number of hydrogen-bond acceptors (Lipinski definition) is 12. The highest BCUT2D eigenvalue weighted by atomic mass is 32.2. The van der Waals surface area contributed by atoms with Crippen molar-refractivity contribution in [3.05, 3.63) is 35.7 Å². The molecule has 1 aromatic carbocycles. The van der Waals surface area contributed by atoms with Gasteiger partial charge in [0.25, 0.3) is 6.01 Å². The van der Waals surface area contributed by atoms with Gasteiger partial charge in [0.1, 0.15) is 23.3 Å². The number of ketones is 1. The molecule has 3 aliphatic heterocycles. The average Bonchev–Trinajstić information content (AvgIpc) is 3.78. The Morgan fingerprint density at radius 3 is 2.51 bits per heavy atom. The van der Waals surface area contributed by atoms with Crippen LogP contribution in [0.1, 0.15) is 105 Å². The number of carbonyl (C=O) groups is 4. The second-order valence-corrected chi connectivity index (χ2v) is 21.0. The second kappa shape index (κ2) is 17.7. The quantitative estimate of drug-likeness (QED) is 0.241. The number of anilines is 1. The van der Waals surface area contributed by atoms with Gasteiger partial charge in [0.2, 0.25) is 11.8 Å². The number of aromatic nitrogens is 3. The van der Waals surface area contributed by atoms with Crippen molar-refractivity contribution in [3.8, 4) is 17.3 Å². The van der Waals surface area contributed by atoms with Crippen LogP contribution >= 0.6 is 11.3 Å². The van der Waals surface area contributed by atoms with Crippen LogP contribution in [-0.2, 0) is 29.3 Å². The molecule has 3 aromatic rings. The van der Waals surface area contributed by atoms with Crippen LogP contribution in [0, 0.1) is 11.3 Å². The number of alkyl carbamates (subject to hydrolysis) is 1. The Morgan fingerprint density at radius 2 is 1.80 bits per heavy atom. The van der Waals surface area contributed by atoms with Gasteiger partial charge in [0.05, 0.1) is 29.2 Å². The van der Waals surface area contributed by atoms with Crippen LogP contribution in [0.3, 0.4) is 0 Å². The summed E-state index contributed by atoms with van der Waals surface area (Å²) in [6, 6.07) is 4.22. The third kappa shape index (κ3) is 9.75. The number of allylic oxidation sites excluding steroid dienone is 2. The Morgan fingerprint density at radius 1 is 1.05 bits per heavy atom. The number of hydrogen-bond donors (Lipinski definition) is 2. The molecule has 5 atom stereocenters. The number of nitrogens with zero attached hydrogens (tertiary/aromatic N) is 6. The lowest BCUT2D eigenvalue weighted by molar-refractivity contribution is -0.140. The van der Waals surface area contributed by atoms with E-state index in [1.165, 1.54) is 19.0 Å². The summed E-state index contributed by atoms with van der Waals surface area (Å²) in [5.74, 6) is -1.96. The molecule has 3 fully saturated rings. The molecule has 2 aromatic heterocycles. The van der Waals surface area contributed by atoms with E-state index in [0.717, 1.165) is 70.5 Å². The fourth-order valence-corrected chi connectivity index (χ4v) is 10.2. The number of imidazole rings is 1. The van der Waals surface area contributed by atoms with E-state index in [-0.39, 0.29) is 37.8 Å². The molecule has 332 valence electrons. The normalized spacial score (nSPS) is 25.9. The minimum Gasteiger partial charge on any atom is -0.459 e. The number of rotatable bonds is 9. The van der Waals surface area contributed by atoms with Crippen LogP contribution in [0.25, 0.3) is 22.3 Å². The van der Waals surface area contributed by atoms with E-state index in [1.54, 1.807) is 32.1 Å². The molecule has 0 unspecified atom stereocenters. The molecule has 0 spiro atoms. The number of fused-ring (bicyclic) bond motifs is 3. The predicted molar refractivity (Wildman–Crippen MR) is 234 cm³/mol. The van der Waals surface area contributed by atoms with Crippen LogP contribution in [0.15, 0.2) is 35.7 Å². The first-order valence-corrected chi connectivity index (χ1v) is 23.8. The Bertz CT molecular complexity index is 2270. The molecular formula is C43H60N8O8S2. The van der Waals surface area contributed by atoms with E-state index in [2.05, 4.69) is 20.3 Å². The summed E-state index contributed by atoms with van der Waals surface area (Å²) in [7, 11) is -1.50. The van der Waals surface area contributed by atoms with Crippen molar-refractivity contribution in [2.75, 3.05) is 38.6 Å². The molecule has 4 aliphatic rings. The van der Waals surface area contributed by atoms with Crippen molar-refractivity contribution >= 4 is 61.4 Å². The van der Waals surface area contributed by atoms with E-state index in [9.17, 15) is 27.6 Å². The zero-order chi connectivity index (χ0) is 43.9. The molecule has 2 saturated heterocycles. The number of Topliss-reactive ketones (excluding diaryl/α,β-unsaturated/α-hetero) is 1. The molecule has 5 heterocycles. The van der Waals surface area contributed by atoms with Crippen molar-refractivity contribution in [1.82, 2.24) is 33.8 Å². The molecule has 0 radical (unpaired) electrons. The minimum atomic E-state index is -4.14. The summed E-state index contributed by atoms with van der Waals surface area (Å²) in [5.41, 5.74) is 1.15. The van der Waals surface area contributed by atoms with Crippen LogP contribution in [0.5, 0.6) is 6.01 Å². The third-order valence-corrected chi connectivity index (χ3v) is 14.3. The standard InChI is InChI=1S/C43H60N8O8S2/c1-27(2)51-33-19-15-17-30(32-26-60-40(44-32)49-20-13-14-21-49)36(33)46-39(51)58-29-22-34-35(52)24-43(38(54)47-61(56,57)48(6)7)23-28(43)16-11-9-8-10-12-18-31(37(53)50(34)25-29)45-41(55)59-42(3,4)5/h11,15-17,19,26-29,31,34H,8-10,12-14,18,20-25H2,1-7H3,(H,45,55)(H,47,54)/b16-11-/t28-,29-,31+,34+,43-/m1/s1. The highest BCUT2D eigenvalue weighted by Crippen LogP contribution is 2.57. The molecule has 61 heavy (non-hydrogen) atoms. The number of nitrogens with one attached hydrogen (secondary N) is 2. The molecule has 16 nitrogen and oxygen atoms in total. The summed E-state index contributed by atoms with van der Waals surface area (Å²) in [4.78, 5) is 70.3. The summed E-state index contributed by atoms with van der Waals surface area (Å²) >= 11 is 1.62. The molecule has 18 heteroatoms. The van der Waals surface area contributed by atoms with Gasteiger partial charge in [-0.1, -0.05) is 37.1 Å². The van der Waals surface area contributed by atoms with Gasteiger partial charge in [-0.05, 0) is 85.1 Å². The SMILES string of the molecule is CC(C)n1c(O[C@@H]2C[C@H]3C(=O)C[C@]4(C(=O)NS(=O)(=O)N(C)C)C[C@H]4/C=C\CCCCC[C@H](NC(=O)OC(C)(C)C)C(=O)N3C2)nc2c(-c3csc(N4CCCC4)n3)cccc21. The summed E-state index contributed by atoms with van der Waals surface area (Å²) in [5, 5.41) is 5.84. The van der Waals surface area contributed by atoms with E-state index in [0.29, 0.717) is 25.3 Å². The van der Waals surface area contributed by atoms with Crippen molar-refractivity contribution in [1.29, 1.82) is 0 Å². The highest BCUT2D eigenvalue weighted by Gasteiger charge is 2.61. The van der Waals surface area contributed by atoms with Gasteiger partial charge in [-0.15, -0.1) is 11.3 Å². The molecule has 3 amide bonds. The van der Waals surface area contributed by atoms with Crippen molar-refractivity contribution in [3.63, 3.8) is 0 Å². The lowest BCUT2D eigenvalue weighted by Crippen LogP contribution is -2.53. The first-order chi connectivity index (χ1) is 28.9. The first-order valence-electron chi connectivity index (χ1n) is 21.5. The van der Waals surface area contributed by atoms with E-state index < -0.39 is 63.1 Å². The Hall–Kier alpha value is -4.55. The van der Waals surface area contributed by atoms with Gasteiger partial charge in [-0.3, -0.25) is 19.0 Å². The zero-order valence-corrected chi connectivity index (χ0v) is 37.9. The van der Waals surface area contributed by atoms with Crippen LogP contribution in [0.2, 0.25) is 0 Å². The molecule has 1 saturated carbocycles. The second-order valence-electron chi connectivity index (χ2n) is 18.3. The number of thiazole rings is 1. The number of amides is 3. The van der Waals surface area contributed by atoms with Crippen molar-refractivity contribution in [2.45, 2.75) is 129 Å². The third-order valence-electron chi connectivity index (χ3n) is 12.0. The minimum absolute atomic E-state index is 0.0126. The number of benzene rings is 1. The largest absolute Gasteiger partial charge is 0.459 e. The van der Waals surface area contributed by atoms with Gasteiger partial charge in [-0.25, -0.2) is 14.5 Å². The number of para-hydroxylation sites is 1. The van der Waals surface area contributed by atoms with Crippen LogP contribution in [-0.4, -0.2) is 113 Å². The van der Waals surface area contributed by atoms with Crippen LogP contribution < -0.4 is 19.7 Å². The Balaban J connectivity index is 1.22. The van der Waals surface area contributed by atoms with E-state index in [4.69, 9.17) is 19.4 Å². The van der Waals surface area contributed by atoms with E-state index in [1.807, 2.05) is 48.8 Å². The van der Waals surface area contributed by atoms with Gasteiger partial charge in [0, 0.05) is 57.0 Å². The fourth-order valence-electron chi connectivity index (χ4n) is 8.73. The topological polar surface area (TPSA) is 185 Å². The van der Waals surface area contributed by atoms with Gasteiger partial charge >= 0.3 is 16.3 Å². The zero-order valence-electron chi connectivity index (χ0n) is 36.3. The van der Waals surface area contributed by atoms with Crippen molar-refractivity contribution in [2.24, 2.45) is 11.3 Å². The maximum Gasteiger partial charge on any atom is 0.408 e. The van der Waals surface area contributed by atoms with Gasteiger partial charge in [-0.2, -0.15) is 17.7 Å².